The van der Waals surface area contributed by atoms with Crippen LogP contribution in [-0.2, 0) is 4.79 Å². The van der Waals surface area contributed by atoms with E-state index in [-0.39, 0.29) is 17.0 Å². The number of aromatic nitrogens is 5. The number of hydrogen-bond donors (Lipinski definition) is 2. The quantitative estimate of drug-likeness (QED) is 0.556. The van der Waals surface area contributed by atoms with Crippen LogP contribution in [0.4, 0.5) is 5.82 Å². The SMILES string of the molecule is O=C1CSC(c2ccc(O)cc2)N1Nc1nc2ccccc2n2nnnc12. The van der Waals surface area contributed by atoms with Gasteiger partial charge in [-0.3, -0.25) is 10.2 Å². The minimum Gasteiger partial charge on any atom is -0.508 e. The van der Waals surface area contributed by atoms with Gasteiger partial charge in [0.05, 0.1) is 16.8 Å². The molecule has 1 amide bonds. The molecule has 0 saturated carbocycles. The Hall–Kier alpha value is -3.40. The van der Waals surface area contributed by atoms with Crippen LogP contribution in [0.15, 0.2) is 48.5 Å². The Morgan fingerprint density at radius 2 is 1.96 bits per heavy atom. The lowest BCUT2D eigenvalue weighted by atomic mass is 10.2. The lowest BCUT2D eigenvalue weighted by molar-refractivity contribution is -0.126. The number of nitrogens with one attached hydrogen (secondary N) is 1. The molecule has 27 heavy (non-hydrogen) atoms. The number of benzene rings is 2. The van der Waals surface area contributed by atoms with Crippen LogP contribution in [0.25, 0.3) is 16.7 Å². The molecule has 0 spiro atoms. The lowest BCUT2D eigenvalue weighted by Crippen LogP contribution is -2.34. The maximum Gasteiger partial charge on any atom is 0.252 e. The van der Waals surface area contributed by atoms with Gasteiger partial charge >= 0.3 is 0 Å². The van der Waals surface area contributed by atoms with Gasteiger partial charge in [-0.1, -0.05) is 24.3 Å². The Bertz CT molecular complexity index is 1160. The van der Waals surface area contributed by atoms with Crippen molar-refractivity contribution in [3.05, 3.63) is 54.1 Å². The zero-order valence-corrected chi connectivity index (χ0v) is 14.7. The standard InChI is InChI=1S/C17H13N7O2S/c25-11-7-5-10(6-8-11)17-24(14(26)9-27-17)20-15-16-19-21-22-23(16)13-4-2-1-3-12(13)18-15/h1-8,17,25H,9H2,(H,18,20). The minimum atomic E-state index is -0.248. The zero-order chi connectivity index (χ0) is 18.4. The number of para-hydroxylation sites is 2. The normalized spacial score (nSPS) is 17.1. The van der Waals surface area contributed by atoms with E-state index in [0.717, 1.165) is 11.1 Å². The number of aromatic hydroxyl groups is 1. The number of rotatable bonds is 3. The summed E-state index contributed by atoms with van der Waals surface area (Å²) in [6, 6.07) is 14.3. The fraction of sp³-hybridized carbons (Fsp3) is 0.118. The van der Waals surface area contributed by atoms with Crippen LogP contribution < -0.4 is 5.43 Å². The van der Waals surface area contributed by atoms with E-state index in [0.29, 0.717) is 22.7 Å². The third kappa shape index (κ3) is 2.61. The topological polar surface area (TPSA) is 109 Å². The van der Waals surface area contributed by atoms with Gasteiger partial charge in [-0.05, 0) is 40.3 Å². The first kappa shape index (κ1) is 15.8. The van der Waals surface area contributed by atoms with Crippen LogP contribution >= 0.6 is 11.8 Å². The Kier molecular flexibility index (Phi) is 3.57. The summed E-state index contributed by atoms with van der Waals surface area (Å²) in [5.74, 6) is 0.852. The van der Waals surface area contributed by atoms with Crippen LogP contribution in [0.5, 0.6) is 5.75 Å². The molecule has 0 radical (unpaired) electrons. The van der Waals surface area contributed by atoms with Gasteiger partial charge in [-0.2, -0.15) is 4.52 Å². The van der Waals surface area contributed by atoms with Gasteiger partial charge in [0.2, 0.25) is 5.65 Å². The molecule has 2 N–H and O–H groups in total. The van der Waals surface area contributed by atoms with Gasteiger partial charge in [-0.25, -0.2) is 9.99 Å². The van der Waals surface area contributed by atoms with Crippen molar-refractivity contribution in [3.63, 3.8) is 0 Å². The predicted octanol–water partition coefficient (Wildman–Crippen LogP) is 1.98. The monoisotopic (exact) mass is 379 g/mol. The summed E-state index contributed by atoms with van der Waals surface area (Å²) < 4.78 is 1.59. The molecule has 1 unspecified atom stereocenters. The van der Waals surface area contributed by atoms with Crippen LogP contribution in [0.1, 0.15) is 10.9 Å². The first-order valence-electron chi connectivity index (χ1n) is 8.17. The summed E-state index contributed by atoms with van der Waals surface area (Å²) in [7, 11) is 0. The number of phenolic OH excluding ortho intramolecular Hbond substituents is 1. The highest BCUT2D eigenvalue weighted by Crippen LogP contribution is 2.39. The van der Waals surface area contributed by atoms with Crippen molar-refractivity contribution < 1.29 is 9.90 Å². The summed E-state index contributed by atoms with van der Waals surface area (Å²) >= 11 is 1.49. The third-order valence-corrected chi connectivity index (χ3v) is 5.51. The Labute approximate surface area is 157 Å². The second-order valence-corrected chi connectivity index (χ2v) is 7.06. The average molecular weight is 379 g/mol. The number of carbonyl (C=O) groups excluding carboxylic acids is 1. The molecule has 134 valence electrons. The number of hydrazine groups is 1. The highest BCUT2D eigenvalue weighted by Gasteiger charge is 2.34. The smallest absolute Gasteiger partial charge is 0.252 e. The molecule has 1 saturated heterocycles. The summed E-state index contributed by atoms with van der Waals surface area (Å²) in [5, 5.41) is 22.6. The first-order valence-corrected chi connectivity index (χ1v) is 9.22. The number of carbonyl (C=O) groups is 1. The van der Waals surface area contributed by atoms with Gasteiger partial charge in [-0.15, -0.1) is 16.9 Å². The second kappa shape index (κ2) is 6.09. The Morgan fingerprint density at radius 1 is 1.15 bits per heavy atom. The molecule has 4 aromatic rings. The number of fused-ring (bicyclic) bond motifs is 3. The van der Waals surface area contributed by atoms with Gasteiger partial charge in [0.15, 0.2) is 5.82 Å². The molecule has 1 aliphatic rings. The van der Waals surface area contributed by atoms with Crippen molar-refractivity contribution in [3.8, 4) is 5.75 Å². The third-order valence-electron chi connectivity index (χ3n) is 4.30. The van der Waals surface area contributed by atoms with Crippen molar-refractivity contribution in [1.29, 1.82) is 0 Å². The molecule has 3 heterocycles. The minimum absolute atomic E-state index is 0.0707. The van der Waals surface area contributed by atoms with Crippen molar-refractivity contribution in [2.24, 2.45) is 0 Å². The second-order valence-electron chi connectivity index (χ2n) is 5.99. The predicted molar refractivity (Wildman–Crippen MR) is 99.9 cm³/mol. The number of nitrogens with zero attached hydrogens (tertiary/aromatic N) is 6. The van der Waals surface area contributed by atoms with E-state index < -0.39 is 0 Å². The van der Waals surface area contributed by atoms with E-state index in [9.17, 15) is 9.90 Å². The lowest BCUT2D eigenvalue weighted by Gasteiger charge is -2.25. The number of hydrogen-bond acceptors (Lipinski definition) is 8. The molecule has 1 atom stereocenters. The van der Waals surface area contributed by atoms with E-state index in [1.54, 1.807) is 28.8 Å². The molecule has 0 aliphatic carbocycles. The number of thioether (sulfide) groups is 1. The van der Waals surface area contributed by atoms with Crippen LogP contribution in [0.3, 0.4) is 0 Å². The first-order chi connectivity index (χ1) is 13.2. The van der Waals surface area contributed by atoms with Crippen molar-refractivity contribution >= 4 is 40.2 Å². The molecule has 1 fully saturated rings. The fourth-order valence-corrected chi connectivity index (χ4v) is 4.13. The molecule has 2 aromatic carbocycles. The maximum atomic E-state index is 12.5. The maximum absolute atomic E-state index is 12.5. The highest BCUT2D eigenvalue weighted by atomic mass is 32.2. The van der Waals surface area contributed by atoms with Gasteiger partial charge in [0.1, 0.15) is 11.1 Å². The van der Waals surface area contributed by atoms with E-state index in [1.165, 1.54) is 16.8 Å². The Balaban J connectivity index is 1.57. The summed E-state index contributed by atoms with van der Waals surface area (Å²) in [6.07, 6.45) is 0. The zero-order valence-electron chi connectivity index (χ0n) is 13.9. The molecule has 2 aromatic heterocycles. The van der Waals surface area contributed by atoms with Crippen molar-refractivity contribution in [2.45, 2.75) is 5.37 Å². The molecule has 1 aliphatic heterocycles. The van der Waals surface area contributed by atoms with E-state index >= 15 is 0 Å². The van der Waals surface area contributed by atoms with E-state index in [4.69, 9.17) is 0 Å². The summed E-state index contributed by atoms with van der Waals surface area (Å²) in [6.45, 7) is 0. The molecular formula is C17H13N7O2S. The summed E-state index contributed by atoms with van der Waals surface area (Å²) in [5.41, 5.74) is 5.92. The fourth-order valence-electron chi connectivity index (χ4n) is 3.02. The highest BCUT2D eigenvalue weighted by molar-refractivity contribution is 8.00. The number of amides is 1. The van der Waals surface area contributed by atoms with E-state index in [1.807, 2.05) is 24.3 Å². The number of phenols is 1. The van der Waals surface area contributed by atoms with Crippen molar-refractivity contribution in [2.75, 3.05) is 11.2 Å². The Morgan fingerprint density at radius 3 is 2.81 bits per heavy atom. The van der Waals surface area contributed by atoms with Crippen LogP contribution in [-0.4, -0.2) is 46.8 Å². The summed E-state index contributed by atoms with van der Waals surface area (Å²) in [4.78, 5) is 17.1. The molecule has 9 nitrogen and oxygen atoms in total. The molecule has 10 heteroatoms. The van der Waals surface area contributed by atoms with E-state index in [2.05, 4.69) is 25.9 Å². The molecule has 5 rings (SSSR count). The van der Waals surface area contributed by atoms with Gasteiger partial charge in [0, 0.05) is 0 Å². The average Bonchev–Trinajstić information content (AvgIpc) is 3.31. The molecule has 0 bridgehead atoms. The largest absolute Gasteiger partial charge is 0.508 e. The molecular weight excluding hydrogens is 366 g/mol. The van der Waals surface area contributed by atoms with Crippen molar-refractivity contribution in [1.82, 2.24) is 30.0 Å². The van der Waals surface area contributed by atoms with Crippen LogP contribution in [0.2, 0.25) is 0 Å². The number of tetrazole rings is 1. The van der Waals surface area contributed by atoms with Gasteiger partial charge < -0.3 is 5.11 Å². The van der Waals surface area contributed by atoms with Crippen LogP contribution in [0, 0.1) is 0 Å². The van der Waals surface area contributed by atoms with Gasteiger partial charge in [0.25, 0.3) is 5.91 Å². The number of anilines is 1.